The van der Waals surface area contributed by atoms with Crippen molar-refractivity contribution in [2.24, 2.45) is 5.73 Å². The Morgan fingerprint density at radius 1 is 1.35 bits per heavy atom. The second-order valence-electron chi connectivity index (χ2n) is 5.07. The maximum Gasteiger partial charge on any atom is 0.142 e. The summed E-state index contributed by atoms with van der Waals surface area (Å²) in [6.07, 6.45) is 0. The van der Waals surface area contributed by atoms with Gasteiger partial charge in [0.15, 0.2) is 0 Å². The first-order valence-corrected chi connectivity index (χ1v) is 8.51. The van der Waals surface area contributed by atoms with Crippen LogP contribution in [0, 0.1) is 2.88 Å². The Morgan fingerprint density at radius 2 is 2.15 bits per heavy atom. The summed E-state index contributed by atoms with van der Waals surface area (Å²) in [4.78, 5) is 4.84. The van der Waals surface area contributed by atoms with E-state index in [1.54, 1.807) is 11.3 Å². The fraction of sp³-hybridized carbons (Fsp3) is 0.267. The fourth-order valence-corrected chi connectivity index (χ4v) is 3.75. The van der Waals surface area contributed by atoms with Crippen LogP contribution in [0.5, 0.6) is 0 Å². The van der Waals surface area contributed by atoms with Gasteiger partial charge in [-0.3, -0.25) is 0 Å². The van der Waals surface area contributed by atoms with Crippen LogP contribution < -0.4 is 5.73 Å². The maximum absolute atomic E-state index is 5.73. The Balaban J connectivity index is 2.27. The lowest BCUT2D eigenvalue weighted by molar-refractivity contribution is 0.624. The third-order valence-corrected chi connectivity index (χ3v) is 5.12. The number of rotatable bonds is 3. The molecule has 104 valence electrons. The number of hydrogen-bond donors (Lipinski definition) is 1. The van der Waals surface area contributed by atoms with Crippen LogP contribution in [0.3, 0.4) is 0 Å². The molecule has 0 aliphatic rings. The van der Waals surface area contributed by atoms with Crippen LogP contribution in [-0.2, 0) is 6.54 Å². The number of aromatic nitrogens is 2. The minimum Gasteiger partial charge on any atom is -0.326 e. The molecule has 20 heavy (non-hydrogen) atoms. The molecule has 0 amide bonds. The van der Waals surface area contributed by atoms with Crippen molar-refractivity contribution in [3.05, 3.63) is 38.1 Å². The molecule has 2 N–H and O–H groups in total. The molecule has 0 aliphatic heterocycles. The van der Waals surface area contributed by atoms with E-state index in [-0.39, 0.29) is 0 Å². The molecule has 0 spiro atoms. The Morgan fingerprint density at radius 3 is 2.75 bits per heavy atom. The Labute approximate surface area is 136 Å². The van der Waals surface area contributed by atoms with Gasteiger partial charge in [-0.05, 0) is 60.2 Å². The van der Waals surface area contributed by atoms with Gasteiger partial charge in [-0.2, -0.15) is 0 Å². The van der Waals surface area contributed by atoms with Crippen LogP contribution in [0.1, 0.15) is 25.5 Å². The second-order valence-corrected chi connectivity index (χ2v) is 7.87. The number of nitrogens with zero attached hydrogens (tertiary/aromatic N) is 2. The Hall–Kier alpha value is -0.920. The van der Waals surface area contributed by atoms with E-state index in [4.69, 9.17) is 10.7 Å². The number of nitrogens with two attached hydrogens (primary N) is 1. The van der Waals surface area contributed by atoms with Crippen LogP contribution in [0.4, 0.5) is 0 Å². The van der Waals surface area contributed by atoms with Crippen molar-refractivity contribution in [1.29, 1.82) is 0 Å². The summed E-state index contributed by atoms with van der Waals surface area (Å²) >= 11 is 4.10. The Kier molecular flexibility index (Phi) is 3.83. The predicted octanol–water partition coefficient (Wildman–Crippen LogP) is 4.41. The van der Waals surface area contributed by atoms with E-state index < -0.39 is 0 Å². The number of imidazole rings is 1. The second kappa shape index (κ2) is 5.46. The van der Waals surface area contributed by atoms with Gasteiger partial charge in [0.05, 0.1) is 13.9 Å². The predicted molar refractivity (Wildman–Crippen MR) is 94.0 cm³/mol. The first-order valence-electron chi connectivity index (χ1n) is 6.55. The fourth-order valence-electron chi connectivity index (χ4n) is 2.43. The molecule has 0 radical (unpaired) electrons. The van der Waals surface area contributed by atoms with E-state index in [2.05, 4.69) is 70.7 Å². The van der Waals surface area contributed by atoms with Crippen molar-refractivity contribution in [2.75, 3.05) is 0 Å². The van der Waals surface area contributed by atoms with Crippen molar-refractivity contribution in [1.82, 2.24) is 9.55 Å². The van der Waals surface area contributed by atoms with Gasteiger partial charge < -0.3 is 10.3 Å². The summed E-state index contributed by atoms with van der Waals surface area (Å²) in [5.41, 5.74) is 10.2. The van der Waals surface area contributed by atoms with Gasteiger partial charge >= 0.3 is 0 Å². The largest absolute Gasteiger partial charge is 0.326 e. The summed E-state index contributed by atoms with van der Waals surface area (Å²) in [5, 5.41) is 2.17. The van der Waals surface area contributed by atoms with E-state index in [0.29, 0.717) is 12.6 Å². The highest BCUT2D eigenvalue weighted by Crippen LogP contribution is 2.31. The van der Waals surface area contributed by atoms with Crippen molar-refractivity contribution in [3.63, 3.8) is 0 Å². The summed E-state index contributed by atoms with van der Waals surface area (Å²) in [6.45, 7) is 4.94. The molecule has 0 saturated carbocycles. The molecule has 0 saturated heterocycles. The average Bonchev–Trinajstić information content (AvgIpc) is 3.00. The minimum absolute atomic E-state index is 0.372. The average molecular weight is 397 g/mol. The van der Waals surface area contributed by atoms with Gasteiger partial charge in [-0.25, -0.2) is 4.98 Å². The highest BCUT2D eigenvalue weighted by molar-refractivity contribution is 14.1. The van der Waals surface area contributed by atoms with Crippen LogP contribution in [0.25, 0.3) is 22.4 Å². The molecule has 3 nitrogen and oxygen atoms in total. The number of fused-ring (bicyclic) bond motifs is 1. The zero-order valence-electron chi connectivity index (χ0n) is 11.4. The zero-order valence-corrected chi connectivity index (χ0v) is 14.4. The Bertz CT molecular complexity index is 758. The van der Waals surface area contributed by atoms with E-state index in [1.807, 2.05) is 0 Å². The molecule has 0 atom stereocenters. The third kappa shape index (κ3) is 2.38. The van der Waals surface area contributed by atoms with Crippen LogP contribution in [0.2, 0.25) is 0 Å². The number of thiophene rings is 1. The molecule has 2 aromatic heterocycles. The number of halogens is 1. The van der Waals surface area contributed by atoms with E-state index in [9.17, 15) is 0 Å². The quantitative estimate of drug-likeness (QED) is 0.666. The molecule has 0 fully saturated rings. The highest BCUT2D eigenvalue weighted by atomic mass is 127. The molecule has 0 bridgehead atoms. The SMILES string of the molecule is CC(C)n1c(-c2csc(I)c2)nc2cc(CN)ccc21. The molecule has 5 heteroatoms. The monoisotopic (exact) mass is 397 g/mol. The number of hydrogen-bond acceptors (Lipinski definition) is 3. The lowest BCUT2D eigenvalue weighted by atomic mass is 10.2. The van der Waals surface area contributed by atoms with Crippen molar-refractivity contribution in [3.8, 4) is 11.4 Å². The summed E-state index contributed by atoms with van der Waals surface area (Å²) < 4.78 is 3.58. The first kappa shape index (κ1) is 14.0. The molecular formula is C15H16IN3S. The third-order valence-electron chi connectivity index (χ3n) is 3.33. The van der Waals surface area contributed by atoms with E-state index >= 15 is 0 Å². The first-order chi connectivity index (χ1) is 9.60. The van der Waals surface area contributed by atoms with Crippen molar-refractivity contribution < 1.29 is 0 Å². The molecular weight excluding hydrogens is 381 g/mol. The van der Waals surface area contributed by atoms with Gasteiger partial charge in [-0.1, -0.05) is 6.07 Å². The standard InChI is InChI=1S/C15H16IN3S/c1-9(2)19-13-4-3-10(7-17)5-12(13)18-15(19)11-6-14(16)20-8-11/h3-6,8-9H,7,17H2,1-2H3. The van der Waals surface area contributed by atoms with Crippen molar-refractivity contribution >= 4 is 45.0 Å². The van der Waals surface area contributed by atoms with Crippen LogP contribution in [-0.4, -0.2) is 9.55 Å². The van der Waals surface area contributed by atoms with Gasteiger partial charge in [0.1, 0.15) is 5.82 Å². The van der Waals surface area contributed by atoms with Crippen LogP contribution >= 0.6 is 33.9 Å². The van der Waals surface area contributed by atoms with Gasteiger partial charge in [0.2, 0.25) is 0 Å². The lowest BCUT2D eigenvalue weighted by Crippen LogP contribution is -2.02. The van der Waals surface area contributed by atoms with Crippen molar-refractivity contribution in [2.45, 2.75) is 26.4 Å². The molecule has 1 aromatic carbocycles. The normalized spacial score (nSPS) is 11.7. The molecule has 2 heterocycles. The number of benzene rings is 1. The van der Waals surface area contributed by atoms with E-state index in [0.717, 1.165) is 16.9 Å². The molecule has 3 aromatic rings. The molecule has 0 aliphatic carbocycles. The molecule has 3 rings (SSSR count). The molecule has 0 unspecified atom stereocenters. The van der Waals surface area contributed by atoms with Gasteiger partial charge in [0.25, 0.3) is 0 Å². The highest BCUT2D eigenvalue weighted by Gasteiger charge is 2.16. The summed E-state index contributed by atoms with van der Waals surface area (Å²) in [6, 6.07) is 8.87. The summed E-state index contributed by atoms with van der Waals surface area (Å²) in [5.74, 6) is 1.04. The maximum atomic E-state index is 5.73. The smallest absolute Gasteiger partial charge is 0.142 e. The summed E-state index contributed by atoms with van der Waals surface area (Å²) in [7, 11) is 0. The topological polar surface area (TPSA) is 43.8 Å². The van der Waals surface area contributed by atoms with E-state index in [1.165, 1.54) is 14.0 Å². The zero-order chi connectivity index (χ0) is 14.3. The van der Waals surface area contributed by atoms with Gasteiger partial charge in [0, 0.05) is 23.5 Å². The van der Waals surface area contributed by atoms with Gasteiger partial charge in [-0.15, -0.1) is 11.3 Å². The lowest BCUT2D eigenvalue weighted by Gasteiger charge is -2.12. The van der Waals surface area contributed by atoms with Crippen LogP contribution in [0.15, 0.2) is 29.6 Å². The minimum atomic E-state index is 0.372.